The second-order valence-electron chi connectivity index (χ2n) is 3.20. The Morgan fingerprint density at radius 2 is 2.12 bits per heavy atom. The highest BCUT2D eigenvalue weighted by Gasteiger charge is 2.09. The van der Waals surface area contributed by atoms with Crippen molar-refractivity contribution in [3.63, 3.8) is 0 Å². The normalized spacial score (nSPS) is 10.8. The van der Waals surface area contributed by atoms with Gasteiger partial charge in [0.1, 0.15) is 17.7 Å². The van der Waals surface area contributed by atoms with E-state index in [-0.39, 0.29) is 0 Å². The third-order valence-electron chi connectivity index (χ3n) is 2.19. The summed E-state index contributed by atoms with van der Waals surface area (Å²) in [4.78, 5) is 18.6. The fourth-order valence-corrected chi connectivity index (χ4v) is 1.46. The number of imidazole rings is 1. The van der Waals surface area contributed by atoms with Crippen LogP contribution in [-0.4, -0.2) is 24.9 Å². The van der Waals surface area contributed by atoms with Gasteiger partial charge in [0, 0.05) is 6.20 Å². The number of aromatic amines is 1. The van der Waals surface area contributed by atoms with Gasteiger partial charge in [0.25, 0.3) is 0 Å². The van der Waals surface area contributed by atoms with E-state index in [0.717, 1.165) is 6.20 Å². The molecule has 3 aromatic rings. The van der Waals surface area contributed by atoms with Crippen LogP contribution in [-0.2, 0) is 0 Å². The van der Waals surface area contributed by atoms with Crippen molar-refractivity contribution in [3.05, 3.63) is 36.8 Å². The molecule has 0 saturated heterocycles. The molecule has 5 nitrogen and oxygen atoms in total. The molecule has 3 aromatic heterocycles. The molecule has 0 saturated carbocycles. The average Bonchev–Trinajstić information content (AvgIpc) is 2.73. The predicted molar refractivity (Wildman–Crippen MR) is 54.9 cm³/mol. The number of H-pyrrole nitrogens is 1. The molecule has 3 rings (SSSR count). The van der Waals surface area contributed by atoms with E-state index in [4.69, 9.17) is 0 Å². The Morgan fingerprint density at radius 1 is 1.19 bits per heavy atom. The quantitative estimate of drug-likeness (QED) is 0.668. The first-order valence-electron chi connectivity index (χ1n) is 4.60. The molecule has 0 atom stereocenters. The number of aromatic nitrogens is 5. The molecule has 6 heteroatoms. The zero-order valence-electron chi connectivity index (χ0n) is 8.05. The van der Waals surface area contributed by atoms with Gasteiger partial charge < -0.3 is 4.98 Å². The van der Waals surface area contributed by atoms with Crippen molar-refractivity contribution < 1.29 is 4.39 Å². The van der Waals surface area contributed by atoms with E-state index >= 15 is 0 Å². The molecule has 78 valence electrons. The van der Waals surface area contributed by atoms with Crippen LogP contribution in [0, 0.1) is 5.82 Å². The Labute approximate surface area is 89.4 Å². The van der Waals surface area contributed by atoms with Gasteiger partial charge in [-0.25, -0.2) is 19.3 Å². The van der Waals surface area contributed by atoms with E-state index in [1.807, 2.05) is 0 Å². The van der Waals surface area contributed by atoms with Gasteiger partial charge in [-0.3, -0.25) is 4.98 Å². The fourth-order valence-electron chi connectivity index (χ4n) is 1.46. The largest absolute Gasteiger partial charge is 0.335 e. The molecular weight excluding hydrogens is 209 g/mol. The van der Waals surface area contributed by atoms with Gasteiger partial charge in [0.05, 0.1) is 18.0 Å². The molecule has 0 bridgehead atoms. The van der Waals surface area contributed by atoms with Crippen LogP contribution in [0.3, 0.4) is 0 Å². The lowest BCUT2D eigenvalue weighted by Gasteiger charge is -1.96. The molecule has 16 heavy (non-hydrogen) atoms. The van der Waals surface area contributed by atoms with Crippen LogP contribution >= 0.6 is 0 Å². The van der Waals surface area contributed by atoms with E-state index in [1.165, 1.54) is 12.5 Å². The number of nitrogens with zero attached hydrogens (tertiary/aromatic N) is 4. The van der Waals surface area contributed by atoms with Crippen LogP contribution < -0.4 is 0 Å². The molecule has 0 aliphatic heterocycles. The maximum absolute atomic E-state index is 13.4. The van der Waals surface area contributed by atoms with Gasteiger partial charge in [-0.05, 0) is 6.07 Å². The zero-order chi connectivity index (χ0) is 11.0. The molecular formula is C10H6FN5. The molecule has 0 amide bonds. The van der Waals surface area contributed by atoms with E-state index in [2.05, 4.69) is 24.9 Å². The first-order chi connectivity index (χ1) is 7.84. The second-order valence-corrected chi connectivity index (χ2v) is 3.20. The van der Waals surface area contributed by atoms with E-state index in [1.54, 1.807) is 12.3 Å². The van der Waals surface area contributed by atoms with Crippen molar-refractivity contribution in [1.82, 2.24) is 24.9 Å². The van der Waals surface area contributed by atoms with Crippen molar-refractivity contribution in [2.75, 3.05) is 0 Å². The van der Waals surface area contributed by atoms with Gasteiger partial charge in [-0.2, -0.15) is 0 Å². The lowest BCUT2D eigenvalue weighted by molar-refractivity contribution is 0.624. The highest BCUT2D eigenvalue weighted by atomic mass is 19.1. The first kappa shape index (κ1) is 8.90. The van der Waals surface area contributed by atoms with Gasteiger partial charge in [0.2, 0.25) is 0 Å². The summed E-state index contributed by atoms with van der Waals surface area (Å²) >= 11 is 0. The Kier molecular flexibility index (Phi) is 1.86. The van der Waals surface area contributed by atoms with Crippen LogP contribution in [0.4, 0.5) is 4.39 Å². The summed E-state index contributed by atoms with van der Waals surface area (Å²) in [5, 5.41) is 0. The predicted octanol–water partition coefficient (Wildman–Crippen LogP) is 1.55. The number of fused-ring (bicyclic) bond motifs is 1. The Morgan fingerprint density at radius 3 is 2.94 bits per heavy atom. The third-order valence-corrected chi connectivity index (χ3v) is 2.19. The highest BCUT2D eigenvalue weighted by molar-refractivity contribution is 5.74. The average molecular weight is 215 g/mol. The van der Waals surface area contributed by atoms with Crippen molar-refractivity contribution in [3.8, 4) is 11.4 Å². The van der Waals surface area contributed by atoms with Crippen LogP contribution in [0.25, 0.3) is 22.6 Å². The molecule has 0 unspecified atom stereocenters. The van der Waals surface area contributed by atoms with Crippen molar-refractivity contribution in [2.45, 2.75) is 0 Å². The molecule has 0 radical (unpaired) electrons. The molecule has 0 aliphatic carbocycles. The van der Waals surface area contributed by atoms with Crippen LogP contribution in [0.2, 0.25) is 0 Å². The summed E-state index contributed by atoms with van der Waals surface area (Å²) in [6.45, 7) is 0. The number of rotatable bonds is 1. The van der Waals surface area contributed by atoms with Gasteiger partial charge in [0.15, 0.2) is 11.5 Å². The summed E-state index contributed by atoms with van der Waals surface area (Å²) in [6, 6.07) is 1.56. The van der Waals surface area contributed by atoms with Crippen LogP contribution in [0.15, 0.2) is 31.0 Å². The topological polar surface area (TPSA) is 67.3 Å². The van der Waals surface area contributed by atoms with E-state index < -0.39 is 5.82 Å². The number of pyridine rings is 1. The van der Waals surface area contributed by atoms with Crippen LogP contribution in [0.1, 0.15) is 0 Å². The molecule has 0 fully saturated rings. The maximum Gasteiger partial charge on any atom is 0.181 e. The second kappa shape index (κ2) is 3.34. The summed E-state index contributed by atoms with van der Waals surface area (Å²) in [7, 11) is 0. The number of halogens is 1. The Bertz CT molecular complexity index is 615. The molecule has 3 heterocycles. The van der Waals surface area contributed by atoms with Gasteiger partial charge >= 0.3 is 0 Å². The third kappa shape index (κ3) is 1.31. The van der Waals surface area contributed by atoms with Gasteiger partial charge in [-0.15, -0.1) is 0 Å². The first-order valence-corrected chi connectivity index (χ1v) is 4.60. The van der Waals surface area contributed by atoms with E-state index in [0.29, 0.717) is 22.6 Å². The summed E-state index contributed by atoms with van der Waals surface area (Å²) in [5.41, 5.74) is 1.56. The minimum Gasteiger partial charge on any atom is -0.335 e. The fraction of sp³-hybridized carbons (Fsp3) is 0. The van der Waals surface area contributed by atoms with Gasteiger partial charge in [-0.1, -0.05) is 0 Å². The van der Waals surface area contributed by atoms with E-state index in [9.17, 15) is 4.39 Å². The minimum absolute atomic E-state index is 0.369. The Hall–Kier alpha value is -2.37. The number of nitrogens with one attached hydrogen (secondary N) is 1. The summed E-state index contributed by atoms with van der Waals surface area (Å²) in [5.74, 6) is 0.00455. The van der Waals surface area contributed by atoms with Crippen molar-refractivity contribution >= 4 is 11.2 Å². The summed E-state index contributed by atoms with van der Waals surface area (Å²) < 4.78 is 13.4. The smallest absolute Gasteiger partial charge is 0.181 e. The molecule has 0 aliphatic rings. The van der Waals surface area contributed by atoms with Crippen molar-refractivity contribution in [2.24, 2.45) is 0 Å². The SMILES string of the molecule is Fc1cnccc1-c1nc2ncncc2[nH]1. The monoisotopic (exact) mass is 215 g/mol. The molecule has 1 N–H and O–H groups in total. The highest BCUT2D eigenvalue weighted by Crippen LogP contribution is 2.20. The summed E-state index contributed by atoms with van der Waals surface area (Å²) in [6.07, 6.45) is 5.65. The molecule has 0 aromatic carbocycles. The number of hydrogen-bond donors (Lipinski definition) is 1. The lowest BCUT2D eigenvalue weighted by atomic mass is 10.2. The van der Waals surface area contributed by atoms with Crippen LogP contribution in [0.5, 0.6) is 0 Å². The number of hydrogen-bond acceptors (Lipinski definition) is 4. The standard InChI is InChI=1S/C10H6FN5/c11-7-3-12-2-1-6(7)9-15-8-4-13-5-14-10(8)16-9/h1-5H,(H,13,14,15,16). The lowest BCUT2D eigenvalue weighted by Crippen LogP contribution is -1.87. The van der Waals surface area contributed by atoms with Crippen molar-refractivity contribution in [1.29, 1.82) is 0 Å². The molecule has 0 spiro atoms. The Balaban J connectivity index is 2.23. The minimum atomic E-state index is -0.422. The zero-order valence-corrected chi connectivity index (χ0v) is 8.05. The maximum atomic E-state index is 13.4.